The predicted octanol–water partition coefficient (Wildman–Crippen LogP) is 3.14. The van der Waals surface area contributed by atoms with Gasteiger partial charge >= 0.3 is 0 Å². The summed E-state index contributed by atoms with van der Waals surface area (Å²) in [5, 5.41) is 2.59. The lowest BCUT2D eigenvalue weighted by Gasteiger charge is -2.46. The first-order valence-electron chi connectivity index (χ1n) is 6.77. The van der Waals surface area contributed by atoms with Crippen LogP contribution in [0.1, 0.15) is 61.3 Å². The van der Waals surface area contributed by atoms with Crippen molar-refractivity contribution in [3.8, 4) is 0 Å². The van der Waals surface area contributed by atoms with Gasteiger partial charge in [0, 0.05) is 5.41 Å². The largest absolute Gasteiger partial charge is 0.295 e. The molecule has 104 valence electrons. The van der Waals surface area contributed by atoms with E-state index in [1.807, 2.05) is 27.7 Å². The summed E-state index contributed by atoms with van der Waals surface area (Å²) < 4.78 is 0. The molecule has 2 unspecified atom stereocenters. The Bertz CT molecular complexity index is 367. The van der Waals surface area contributed by atoms with E-state index in [4.69, 9.17) is 0 Å². The van der Waals surface area contributed by atoms with Gasteiger partial charge < -0.3 is 0 Å². The first-order chi connectivity index (χ1) is 7.91. The Balaban J connectivity index is 3.07. The minimum absolute atomic E-state index is 0.0738. The summed E-state index contributed by atoms with van der Waals surface area (Å²) in [4.78, 5) is 24.3. The quantitative estimate of drug-likeness (QED) is 0.768. The zero-order chi connectivity index (χ0) is 14.4. The molecule has 2 atom stereocenters. The molecule has 0 spiro atoms. The van der Waals surface area contributed by atoms with Gasteiger partial charge in [0.05, 0.1) is 5.41 Å². The van der Waals surface area contributed by atoms with E-state index in [1.165, 1.54) is 0 Å². The third-order valence-electron chi connectivity index (χ3n) is 4.25. The van der Waals surface area contributed by atoms with Crippen LogP contribution in [-0.2, 0) is 9.59 Å². The number of carbonyl (C=O) groups excluding carboxylic acids is 2. The molecule has 0 saturated carbocycles. The van der Waals surface area contributed by atoms with E-state index in [-0.39, 0.29) is 23.1 Å². The number of amides is 2. The summed E-state index contributed by atoms with van der Waals surface area (Å²) in [5.74, 6) is -0.000623. The van der Waals surface area contributed by atoms with Gasteiger partial charge in [-0.25, -0.2) is 0 Å². The van der Waals surface area contributed by atoms with E-state index >= 15 is 0 Å². The van der Waals surface area contributed by atoms with Gasteiger partial charge in [0.25, 0.3) is 0 Å². The zero-order valence-corrected chi connectivity index (χ0v) is 12.8. The minimum atomic E-state index is -0.453. The van der Waals surface area contributed by atoms with Gasteiger partial charge in [0.1, 0.15) is 0 Å². The Kier molecular flexibility index (Phi) is 3.68. The van der Waals surface area contributed by atoms with Crippen molar-refractivity contribution in [2.24, 2.45) is 22.2 Å². The highest BCUT2D eigenvalue weighted by Gasteiger charge is 2.52. The van der Waals surface area contributed by atoms with Crippen LogP contribution in [0.2, 0.25) is 0 Å². The fraction of sp³-hybridized carbons (Fsp3) is 0.867. The first-order valence-corrected chi connectivity index (χ1v) is 6.77. The van der Waals surface area contributed by atoms with Crippen LogP contribution in [0.5, 0.6) is 0 Å². The van der Waals surface area contributed by atoms with Gasteiger partial charge in [0.15, 0.2) is 0 Å². The third-order valence-corrected chi connectivity index (χ3v) is 4.25. The van der Waals surface area contributed by atoms with E-state index in [1.54, 1.807) is 0 Å². The second-order valence-corrected chi connectivity index (χ2v) is 7.83. The van der Waals surface area contributed by atoms with Gasteiger partial charge in [-0.2, -0.15) is 0 Å². The standard InChI is InChI=1S/C15H27NO2/c1-10(2)15(7)9-14(6,8-13(3,4)5)11(17)16-12(15)18/h10H,8-9H2,1-7H3,(H,16,17,18). The molecule has 0 aromatic heterocycles. The molecule has 2 amide bonds. The second kappa shape index (κ2) is 4.36. The van der Waals surface area contributed by atoms with Gasteiger partial charge in [-0.15, -0.1) is 0 Å². The van der Waals surface area contributed by atoms with Crippen molar-refractivity contribution in [3.05, 3.63) is 0 Å². The van der Waals surface area contributed by atoms with Crippen molar-refractivity contribution in [3.63, 3.8) is 0 Å². The fourth-order valence-electron chi connectivity index (χ4n) is 3.15. The molecule has 1 rings (SSSR count). The monoisotopic (exact) mass is 253 g/mol. The lowest BCUT2D eigenvalue weighted by molar-refractivity contribution is -0.154. The molecule has 18 heavy (non-hydrogen) atoms. The van der Waals surface area contributed by atoms with Crippen LogP contribution in [0.4, 0.5) is 0 Å². The second-order valence-electron chi connectivity index (χ2n) is 7.83. The molecule has 1 aliphatic heterocycles. The van der Waals surface area contributed by atoms with Crippen molar-refractivity contribution in [2.75, 3.05) is 0 Å². The SMILES string of the molecule is CC(C)C1(C)CC(C)(CC(C)(C)C)C(=O)NC1=O. The number of hydrogen-bond acceptors (Lipinski definition) is 2. The Hall–Kier alpha value is -0.860. The maximum absolute atomic E-state index is 12.2. The van der Waals surface area contributed by atoms with Crippen LogP contribution in [0.25, 0.3) is 0 Å². The number of imide groups is 1. The van der Waals surface area contributed by atoms with E-state index in [9.17, 15) is 9.59 Å². The van der Waals surface area contributed by atoms with E-state index in [0.717, 1.165) is 6.42 Å². The molecule has 0 radical (unpaired) electrons. The molecule has 1 saturated heterocycles. The van der Waals surface area contributed by atoms with Crippen LogP contribution < -0.4 is 5.32 Å². The first kappa shape index (κ1) is 15.2. The maximum Gasteiger partial charge on any atom is 0.232 e. The average molecular weight is 253 g/mol. The van der Waals surface area contributed by atoms with Crippen molar-refractivity contribution in [2.45, 2.75) is 61.3 Å². The molecule has 0 aromatic carbocycles. The number of piperidine rings is 1. The van der Waals surface area contributed by atoms with Gasteiger partial charge in [-0.1, -0.05) is 48.5 Å². The van der Waals surface area contributed by atoms with Gasteiger partial charge in [0.2, 0.25) is 11.8 Å². The molecule has 0 aliphatic carbocycles. The van der Waals surface area contributed by atoms with Crippen molar-refractivity contribution >= 4 is 11.8 Å². The molecule has 1 heterocycles. The molecular weight excluding hydrogens is 226 g/mol. The van der Waals surface area contributed by atoms with Gasteiger partial charge in [-0.3, -0.25) is 14.9 Å². The van der Waals surface area contributed by atoms with Gasteiger partial charge in [-0.05, 0) is 24.2 Å². The third kappa shape index (κ3) is 2.76. The summed E-state index contributed by atoms with van der Waals surface area (Å²) in [5.41, 5.74) is -0.830. The number of rotatable bonds is 2. The molecule has 1 fully saturated rings. The number of hydrogen-bond donors (Lipinski definition) is 1. The number of carbonyl (C=O) groups is 2. The average Bonchev–Trinajstić information content (AvgIpc) is 2.11. The Morgan fingerprint density at radius 3 is 2.06 bits per heavy atom. The molecular formula is C15H27NO2. The molecule has 0 bridgehead atoms. The van der Waals surface area contributed by atoms with Crippen molar-refractivity contribution in [1.82, 2.24) is 5.32 Å². The smallest absolute Gasteiger partial charge is 0.232 e. The van der Waals surface area contributed by atoms with Crippen LogP contribution in [0.15, 0.2) is 0 Å². The summed E-state index contributed by atoms with van der Waals surface area (Å²) in [7, 11) is 0. The maximum atomic E-state index is 12.2. The molecule has 0 aromatic rings. The van der Waals surface area contributed by atoms with Crippen molar-refractivity contribution < 1.29 is 9.59 Å². The van der Waals surface area contributed by atoms with Crippen LogP contribution in [0.3, 0.4) is 0 Å². The molecule has 3 heteroatoms. The topological polar surface area (TPSA) is 46.2 Å². The minimum Gasteiger partial charge on any atom is -0.295 e. The highest BCUT2D eigenvalue weighted by atomic mass is 16.2. The van der Waals surface area contributed by atoms with E-state index < -0.39 is 10.8 Å². The Labute approximate surface area is 111 Å². The normalized spacial score (nSPS) is 33.8. The Morgan fingerprint density at radius 2 is 1.67 bits per heavy atom. The van der Waals surface area contributed by atoms with Crippen LogP contribution >= 0.6 is 0 Å². The molecule has 1 N–H and O–H groups in total. The lowest BCUT2D eigenvalue weighted by atomic mass is 9.60. The van der Waals surface area contributed by atoms with Crippen LogP contribution in [-0.4, -0.2) is 11.8 Å². The highest BCUT2D eigenvalue weighted by Crippen LogP contribution is 2.48. The van der Waals surface area contributed by atoms with Crippen LogP contribution in [0, 0.1) is 22.2 Å². The summed E-state index contributed by atoms with van der Waals surface area (Å²) >= 11 is 0. The van der Waals surface area contributed by atoms with Crippen molar-refractivity contribution in [1.29, 1.82) is 0 Å². The zero-order valence-electron chi connectivity index (χ0n) is 12.8. The fourth-order valence-corrected chi connectivity index (χ4v) is 3.15. The highest BCUT2D eigenvalue weighted by molar-refractivity contribution is 6.03. The summed E-state index contributed by atoms with van der Waals surface area (Å²) in [6.45, 7) is 14.5. The predicted molar refractivity (Wildman–Crippen MR) is 72.9 cm³/mol. The lowest BCUT2D eigenvalue weighted by Crippen LogP contribution is -2.58. The molecule has 3 nitrogen and oxygen atoms in total. The number of nitrogens with one attached hydrogen (secondary N) is 1. The summed E-state index contributed by atoms with van der Waals surface area (Å²) in [6.07, 6.45) is 1.43. The summed E-state index contributed by atoms with van der Waals surface area (Å²) in [6, 6.07) is 0. The van der Waals surface area contributed by atoms with E-state index in [0.29, 0.717) is 6.42 Å². The molecule has 1 aliphatic rings. The Morgan fingerprint density at radius 1 is 1.17 bits per heavy atom. The van der Waals surface area contributed by atoms with E-state index in [2.05, 4.69) is 26.1 Å².